The molecule has 1 spiro atoms. The fourth-order valence-corrected chi connectivity index (χ4v) is 5.44. The van der Waals surface area contributed by atoms with Gasteiger partial charge < -0.3 is 19.9 Å². The molecule has 0 bridgehead atoms. The number of carbonyl (C=O) groups excluding carboxylic acids is 1. The molecular formula is C19H25ClN6O2. The van der Waals surface area contributed by atoms with Crippen molar-refractivity contribution in [2.75, 3.05) is 24.5 Å². The van der Waals surface area contributed by atoms with Gasteiger partial charge in [-0.25, -0.2) is 4.98 Å². The maximum Gasteiger partial charge on any atom is 0.230 e. The Bertz CT molecular complexity index is 896. The van der Waals surface area contributed by atoms with Crippen molar-refractivity contribution in [1.82, 2.24) is 24.8 Å². The van der Waals surface area contributed by atoms with E-state index in [0.717, 1.165) is 69.4 Å². The highest BCUT2D eigenvalue weighted by atomic mass is 35.5. The highest BCUT2D eigenvalue weighted by Crippen LogP contribution is 2.43. The van der Waals surface area contributed by atoms with Crippen molar-refractivity contribution in [3.8, 4) is 0 Å². The van der Waals surface area contributed by atoms with Crippen LogP contribution in [-0.2, 0) is 4.79 Å². The van der Waals surface area contributed by atoms with Crippen LogP contribution in [0.4, 0.5) is 5.82 Å². The molecule has 2 aromatic heterocycles. The van der Waals surface area contributed by atoms with Crippen molar-refractivity contribution >= 4 is 34.5 Å². The number of nitrogens with one attached hydrogen (secondary N) is 1. The lowest BCUT2D eigenvalue weighted by atomic mass is 9.78. The number of anilines is 1. The quantitative estimate of drug-likeness (QED) is 0.744. The minimum absolute atomic E-state index is 0.175. The van der Waals surface area contributed by atoms with Gasteiger partial charge in [0.1, 0.15) is 5.52 Å². The van der Waals surface area contributed by atoms with Gasteiger partial charge in [-0.05, 0) is 56.5 Å². The average Bonchev–Trinajstić information content (AvgIpc) is 3.28. The summed E-state index contributed by atoms with van der Waals surface area (Å²) in [5, 5.41) is 9.96. The van der Waals surface area contributed by atoms with E-state index >= 15 is 0 Å². The zero-order valence-corrected chi connectivity index (χ0v) is 16.5. The van der Waals surface area contributed by atoms with Gasteiger partial charge in [0.25, 0.3) is 0 Å². The first-order chi connectivity index (χ1) is 13.6. The molecule has 1 unspecified atom stereocenters. The number of piperidine rings is 1. The van der Waals surface area contributed by atoms with E-state index in [0.29, 0.717) is 12.2 Å². The summed E-state index contributed by atoms with van der Waals surface area (Å²) in [6.07, 6.45) is 7.54. The molecule has 2 saturated heterocycles. The van der Waals surface area contributed by atoms with E-state index < -0.39 is 0 Å². The molecule has 2 aliphatic heterocycles. The van der Waals surface area contributed by atoms with Crippen molar-refractivity contribution in [2.24, 2.45) is 5.41 Å². The van der Waals surface area contributed by atoms with E-state index in [2.05, 4.69) is 29.7 Å². The van der Waals surface area contributed by atoms with Crippen molar-refractivity contribution in [3.63, 3.8) is 0 Å². The molecule has 2 N–H and O–H groups in total. The van der Waals surface area contributed by atoms with Crippen LogP contribution >= 0.6 is 11.6 Å². The number of aromatic nitrogens is 4. The first-order valence-corrected chi connectivity index (χ1v) is 10.5. The Labute approximate surface area is 168 Å². The number of H-pyrrole nitrogens is 1. The normalized spacial score (nSPS) is 31.3. The summed E-state index contributed by atoms with van der Waals surface area (Å²) in [5.74, 6) is 1.01. The lowest BCUT2D eigenvalue weighted by molar-refractivity contribution is -0.139. The van der Waals surface area contributed by atoms with Crippen molar-refractivity contribution in [1.29, 1.82) is 0 Å². The summed E-state index contributed by atoms with van der Waals surface area (Å²) < 4.78 is 0. The third-order valence-electron chi connectivity index (χ3n) is 6.77. The highest BCUT2D eigenvalue weighted by molar-refractivity contribution is 6.28. The molecular weight excluding hydrogens is 380 g/mol. The highest BCUT2D eigenvalue weighted by Gasteiger charge is 2.51. The lowest BCUT2D eigenvalue weighted by Crippen LogP contribution is -2.50. The number of hydrogen-bond acceptors (Lipinski definition) is 6. The number of likely N-dealkylation sites (tertiary alicyclic amines) is 1. The molecule has 0 aromatic carbocycles. The van der Waals surface area contributed by atoms with E-state index in [4.69, 9.17) is 11.6 Å². The number of nitrogens with zero attached hydrogens (tertiary/aromatic N) is 5. The SMILES string of the molecule is O=C1N(C2CCC(O)CC2)CCC12CCCN(c1nc(Cl)nc3nc[nH]c13)C2. The van der Waals surface area contributed by atoms with Crippen LogP contribution < -0.4 is 4.90 Å². The fourth-order valence-electron chi connectivity index (χ4n) is 5.28. The second-order valence-corrected chi connectivity index (χ2v) is 8.77. The van der Waals surface area contributed by atoms with Crippen molar-refractivity contribution in [2.45, 2.75) is 57.1 Å². The average molecular weight is 405 g/mol. The van der Waals surface area contributed by atoms with Crippen LogP contribution in [0.5, 0.6) is 0 Å². The standard InChI is InChI=1S/C19H25ClN6O2/c20-18-23-15-14(21-11-22-15)16(24-18)25-8-1-6-19(10-25)7-9-26(17(19)28)12-2-4-13(27)5-3-12/h11-13,27H,1-10H2,(H,21,22,23,24). The van der Waals surface area contributed by atoms with Crippen LogP contribution in [0.1, 0.15) is 44.9 Å². The van der Waals surface area contributed by atoms with Gasteiger partial charge >= 0.3 is 0 Å². The van der Waals surface area contributed by atoms with Gasteiger partial charge in [-0.2, -0.15) is 9.97 Å². The Balaban J connectivity index is 1.39. The van der Waals surface area contributed by atoms with Gasteiger partial charge in [0.15, 0.2) is 11.5 Å². The molecule has 1 aliphatic carbocycles. The molecule has 9 heteroatoms. The van der Waals surface area contributed by atoms with E-state index in [9.17, 15) is 9.90 Å². The number of aromatic amines is 1. The lowest BCUT2D eigenvalue weighted by Gasteiger charge is -2.41. The molecule has 1 amide bonds. The predicted octanol–water partition coefficient (Wildman–Crippen LogP) is 2.13. The van der Waals surface area contributed by atoms with E-state index in [-0.39, 0.29) is 28.8 Å². The summed E-state index contributed by atoms with van der Waals surface area (Å²) in [5.41, 5.74) is 0.970. The molecule has 1 saturated carbocycles. The Kier molecular flexibility index (Phi) is 4.43. The Morgan fingerprint density at radius 3 is 2.82 bits per heavy atom. The number of aliphatic hydroxyl groups is 1. The van der Waals surface area contributed by atoms with Crippen LogP contribution in [-0.4, -0.2) is 67.6 Å². The number of carbonyl (C=O) groups is 1. The number of fused-ring (bicyclic) bond motifs is 1. The van der Waals surface area contributed by atoms with Gasteiger partial charge in [-0.15, -0.1) is 0 Å². The van der Waals surface area contributed by atoms with Crippen LogP contribution in [0.3, 0.4) is 0 Å². The summed E-state index contributed by atoms with van der Waals surface area (Å²) in [6.45, 7) is 2.31. The van der Waals surface area contributed by atoms with Crippen molar-refractivity contribution < 1.29 is 9.90 Å². The second-order valence-electron chi connectivity index (χ2n) is 8.43. The summed E-state index contributed by atoms with van der Waals surface area (Å²) in [7, 11) is 0. The molecule has 3 aliphatic rings. The second kappa shape index (κ2) is 6.84. The Morgan fingerprint density at radius 1 is 1.18 bits per heavy atom. The van der Waals surface area contributed by atoms with E-state index in [1.807, 2.05) is 0 Å². The number of amides is 1. The largest absolute Gasteiger partial charge is 0.393 e. The maximum absolute atomic E-state index is 13.5. The number of hydrogen-bond donors (Lipinski definition) is 2. The zero-order chi connectivity index (χ0) is 19.3. The molecule has 8 nitrogen and oxygen atoms in total. The van der Waals surface area contributed by atoms with Crippen LogP contribution in [0.25, 0.3) is 11.2 Å². The minimum atomic E-state index is -0.349. The van der Waals surface area contributed by atoms with Gasteiger partial charge in [0.05, 0.1) is 17.8 Å². The van der Waals surface area contributed by atoms with Crippen LogP contribution in [0.2, 0.25) is 5.28 Å². The van der Waals surface area contributed by atoms with Crippen LogP contribution in [0, 0.1) is 5.41 Å². The first kappa shape index (κ1) is 18.1. The van der Waals surface area contributed by atoms with E-state index in [1.54, 1.807) is 6.33 Å². The monoisotopic (exact) mass is 404 g/mol. The summed E-state index contributed by atoms with van der Waals surface area (Å²) in [6, 6.07) is 0.276. The molecule has 1 atom stereocenters. The zero-order valence-electron chi connectivity index (χ0n) is 15.8. The number of halogens is 1. The fraction of sp³-hybridized carbons (Fsp3) is 0.684. The van der Waals surface area contributed by atoms with Gasteiger partial charge in [0.2, 0.25) is 11.2 Å². The Morgan fingerprint density at radius 2 is 2.00 bits per heavy atom. The van der Waals surface area contributed by atoms with Gasteiger partial charge in [-0.3, -0.25) is 4.79 Å². The molecule has 5 rings (SSSR count). The third kappa shape index (κ3) is 2.93. The van der Waals surface area contributed by atoms with Gasteiger partial charge in [0, 0.05) is 25.7 Å². The van der Waals surface area contributed by atoms with Crippen LogP contribution in [0.15, 0.2) is 6.33 Å². The number of aliphatic hydroxyl groups excluding tert-OH is 1. The molecule has 4 heterocycles. The summed E-state index contributed by atoms with van der Waals surface area (Å²) in [4.78, 5) is 33.7. The van der Waals surface area contributed by atoms with Gasteiger partial charge in [-0.1, -0.05) is 0 Å². The predicted molar refractivity (Wildman–Crippen MR) is 105 cm³/mol. The molecule has 0 radical (unpaired) electrons. The van der Waals surface area contributed by atoms with E-state index in [1.165, 1.54) is 0 Å². The third-order valence-corrected chi connectivity index (χ3v) is 6.94. The molecule has 28 heavy (non-hydrogen) atoms. The topological polar surface area (TPSA) is 98.2 Å². The minimum Gasteiger partial charge on any atom is -0.393 e. The Hall–Kier alpha value is -1.93. The smallest absolute Gasteiger partial charge is 0.230 e. The maximum atomic E-state index is 13.5. The van der Waals surface area contributed by atoms with Crippen molar-refractivity contribution in [3.05, 3.63) is 11.6 Å². The molecule has 3 fully saturated rings. The first-order valence-electron chi connectivity index (χ1n) is 10.2. The summed E-state index contributed by atoms with van der Waals surface area (Å²) >= 11 is 6.12. The number of rotatable bonds is 2. The molecule has 150 valence electrons. The molecule has 2 aromatic rings. The number of imidazole rings is 1.